The number of pyridine rings is 1. The van der Waals surface area contributed by atoms with Crippen molar-refractivity contribution in [3.05, 3.63) is 35.7 Å². The van der Waals surface area contributed by atoms with Crippen molar-refractivity contribution < 1.29 is 22.5 Å². The summed E-state index contributed by atoms with van der Waals surface area (Å²) < 4.78 is 47.3. The van der Waals surface area contributed by atoms with E-state index in [-0.39, 0.29) is 41.1 Å². The number of nitrogens with zero attached hydrogens (tertiary/aromatic N) is 6. The predicted molar refractivity (Wildman–Crippen MR) is 99.4 cm³/mol. The third kappa shape index (κ3) is 3.88. The molecule has 3 aromatic heterocycles. The van der Waals surface area contributed by atoms with Gasteiger partial charge in [-0.2, -0.15) is 18.3 Å². The van der Waals surface area contributed by atoms with Crippen molar-refractivity contribution in [2.45, 2.75) is 51.2 Å². The van der Waals surface area contributed by atoms with Gasteiger partial charge in [0.2, 0.25) is 5.91 Å². The van der Waals surface area contributed by atoms with Crippen molar-refractivity contribution in [3.63, 3.8) is 0 Å². The van der Waals surface area contributed by atoms with E-state index in [0.717, 1.165) is 6.07 Å². The maximum absolute atomic E-state index is 13.6. The molecule has 0 unspecified atom stereocenters. The number of halogens is 3. The lowest BCUT2D eigenvalue weighted by Crippen LogP contribution is -2.38. The molecule has 8 nitrogen and oxygen atoms in total. The molecule has 3 aromatic rings. The number of rotatable bonds is 4. The van der Waals surface area contributed by atoms with Crippen LogP contribution in [0.25, 0.3) is 11.1 Å². The number of alkyl halides is 3. The average Bonchev–Trinajstić information content (AvgIpc) is 3.37. The van der Waals surface area contributed by atoms with Gasteiger partial charge < -0.3 is 9.42 Å². The van der Waals surface area contributed by atoms with Gasteiger partial charge in [0.05, 0.1) is 22.7 Å². The number of hydrogen-bond acceptors (Lipinski definition) is 6. The summed E-state index contributed by atoms with van der Waals surface area (Å²) in [5.74, 6) is -0.195. The third-order valence-corrected chi connectivity index (χ3v) is 5.57. The number of amides is 1. The molecule has 0 aromatic carbocycles. The Morgan fingerprint density at radius 2 is 2.07 bits per heavy atom. The van der Waals surface area contributed by atoms with E-state index in [0.29, 0.717) is 31.6 Å². The van der Waals surface area contributed by atoms with Crippen molar-refractivity contribution in [1.82, 2.24) is 29.8 Å². The zero-order valence-corrected chi connectivity index (χ0v) is 16.6. The molecule has 1 fully saturated rings. The number of fused-ring (bicyclic) bond motifs is 1. The Kier molecular flexibility index (Phi) is 5.20. The second-order valence-electron chi connectivity index (χ2n) is 7.62. The highest BCUT2D eigenvalue weighted by Crippen LogP contribution is 2.38. The summed E-state index contributed by atoms with van der Waals surface area (Å²) in [5.41, 5.74) is -0.383. The molecule has 4 heterocycles. The number of likely N-dealkylation sites (tertiary alicyclic amines) is 1. The van der Waals surface area contributed by atoms with Crippen LogP contribution in [0, 0.1) is 6.92 Å². The molecule has 0 radical (unpaired) electrons. The second kappa shape index (κ2) is 7.69. The molecule has 1 saturated heterocycles. The van der Waals surface area contributed by atoms with Gasteiger partial charge in [-0.1, -0.05) is 5.16 Å². The van der Waals surface area contributed by atoms with E-state index < -0.39 is 11.7 Å². The molecule has 0 N–H and O–H groups in total. The zero-order valence-electron chi connectivity index (χ0n) is 16.6. The first kappa shape index (κ1) is 20.3. The van der Waals surface area contributed by atoms with Crippen molar-refractivity contribution in [3.8, 4) is 0 Å². The summed E-state index contributed by atoms with van der Waals surface area (Å²) in [4.78, 5) is 22.5. The van der Waals surface area contributed by atoms with Crippen LogP contribution in [0.5, 0.6) is 0 Å². The highest BCUT2D eigenvalue weighted by atomic mass is 19.4. The van der Waals surface area contributed by atoms with E-state index in [1.807, 2.05) is 6.92 Å². The largest absolute Gasteiger partial charge is 0.417 e. The molecule has 0 aliphatic carbocycles. The van der Waals surface area contributed by atoms with E-state index in [9.17, 15) is 18.0 Å². The number of hydrogen-bond donors (Lipinski definition) is 0. The number of carbonyl (C=O) groups is 1. The average molecular weight is 422 g/mol. The van der Waals surface area contributed by atoms with Gasteiger partial charge in [-0.25, -0.2) is 14.6 Å². The van der Waals surface area contributed by atoms with Crippen LogP contribution in [0.2, 0.25) is 0 Å². The Labute approximate surface area is 170 Å². The lowest BCUT2D eigenvalue weighted by molar-refractivity contribution is -0.136. The van der Waals surface area contributed by atoms with Gasteiger partial charge in [0.15, 0.2) is 0 Å². The van der Waals surface area contributed by atoms with Crippen molar-refractivity contribution in [2.75, 3.05) is 13.1 Å². The van der Waals surface area contributed by atoms with Crippen LogP contribution in [0.15, 0.2) is 23.2 Å². The van der Waals surface area contributed by atoms with Gasteiger partial charge in [0.25, 0.3) is 5.71 Å². The fourth-order valence-corrected chi connectivity index (χ4v) is 3.89. The van der Waals surface area contributed by atoms with Gasteiger partial charge in [-0.05, 0) is 32.8 Å². The maximum Gasteiger partial charge on any atom is 0.417 e. The normalized spacial score (nSPS) is 16.9. The molecule has 160 valence electrons. The Bertz CT molecular complexity index is 1040. The summed E-state index contributed by atoms with van der Waals surface area (Å²) >= 11 is 0. The van der Waals surface area contributed by atoms with E-state index in [4.69, 9.17) is 4.52 Å². The van der Waals surface area contributed by atoms with Gasteiger partial charge in [-0.15, -0.1) is 0 Å². The summed E-state index contributed by atoms with van der Waals surface area (Å²) in [6, 6.07) is 0.979. The van der Waals surface area contributed by atoms with Crippen LogP contribution in [0.3, 0.4) is 0 Å². The van der Waals surface area contributed by atoms with Crippen LogP contribution in [0.4, 0.5) is 13.2 Å². The molecule has 30 heavy (non-hydrogen) atoms. The maximum atomic E-state index is 13.6. The molecule has 11 heteroatoms. The van der Waals surface area contributed by atoms with Crippen LogP contribution >= 0.6 is 0 Å². The first-order valence-corrected chi connectivity index (χ1v) is 9.70. The molecule has 1 atom stereocenters. The number of aromatic nitrogens is 5. The second-order valence-corrected chi connectivity index (χ2v) is 7.62. The van der Waals surface area contributed by atoms with Crippen LogP contribution in [0.1, 0.15) is 55.1 Å². The molecule has 1 amide bonds. The van der Waals surface area contributed by atoms with Crippen LogP contribution in [-0.4, -0.2) is 48.8 Å². The Balaban J connectivity index is 1.46. The quantitative estimate of drug-likeness (QED) is 0.639. The Morgan fingerprint density at radius 3 is 2.70 bits per heavy atom. The molecular formula is C19H21F3N6O2. The van der Waals surface area contributed by atoms with Gasteiger partial charge in [0, 0.05) is 31.1 Å². The molecule has 1 aliphatic heterocycles. The van der Waals surface area contributed by atoms with Gasteiger partial charge >= 0.3 is 6.18 Å². The summed E-state index contributed by atoms with van der Waals surface area (Å²) in [7, 11) is 0. The number of carbonyl (C=O) groups excluding carboxylic acids is 1. The van der Waals surface area contributed by atoms with Crippen molar-refractivity contribution >= 4 is 17.0 Å². The number of aryl methyl sites for hydroxylation is 1. The predicted octanol–water partition coefficient (Wildman–Crippen LogP) is 3.50. The fourth-order valence-electron chi connectivity index (χ4n) is 3.89. The van der Waals surface area contributed by atoms with Crippen LogP contribution < -0.4 is 0 Å². The minimum atomic E-state index is -4.53. The standard InChI is InChI=1S/C19H21F3N6O2/c1-11(28-10-23-9-24-28)7-16(29)27-5-3-13(4-6-27)15-8-14(19(20,21)22)17-12(2)26-30-18(17)25-15/h8-11,13H,3-7H2,1-2H3/t11-/m1/s1. The summed E-state index contributed by atoms with van der Waals surface area (Å²) in [6.45, 7) is 4.28. The smallest absolute Gasteiger partial charge is 0.343 e. The Morgan fingerprint density at radius 1 is 1.33 bits per heavy atom. The molecule has 0 saturated carbocycles. The highest BCUT2D eigenvalue weighted by Gasteiger charge is 2.37. The van der Waals surface area contributed by atoms with E-state index in [2.05, 4.69) is 20.2 Å². The first-order valence-electron chi connectivity index (χ1n) is 9.70. The van der Waals surface area contributed by atoms with Crippen molar-refractivity contribution in [1.29, 1.82) is 0 Å². The SMILES string of the molecule is Cc1noc2nc(C3CCN(C(=O)C[C@@H](C)n4cncn4)CC3)cc(C(F)(F)F)c12. The Hall–Kier alpha value is -2.98. The zero-order chi connectivity index (χ0) is 21.5. The molecule has 4 rings (SSSR count). The van der Waals surface area contributed by atoms with Crippen molar-refractivity contribution in [2.24, 2.45) is 0 Å². The van der Waals surface area contributed by atoms with Gasteiger partial charge in [-0.3, -0.25) is 4.79 Å². The fraction of sp³-hybridized carbons (Fsp3) is 0.526. The van der Waals surface area contributed by atoms with E-state index in [1.165, 1.54) is 13.3 Å². The minimum absolute atomic E-state index is 0.0123. The van der Waals surface area contributed by atoms with E-state index >= 15 is 0 Å². The third-order valence-electron chi connectivity index (χ3n) is 5.57. The first-order chi connectivity index (χ1) is 14.2. The van der Waals surface area contributed by atoms with Crippen LogP contribution in [-0.2, 0) is 11.0 Å². The monoisotopic (exact) mass is 422 g/mol. The lowest BCUT2D eigenvalue weighted by Gasteiger charge is -2.32. The number of piperidine rings is 1. The van der Waals surface area contributed by atoms with Gasteiger partial charge in [0.1, 0.15) is 12.7 Å². The molecule has 0 bridgehead atoms. The highest BCUT2D eigenvalue weighted by molar-refractivity contribution is 5.81. The lowest BCUT2D eigenvalue weighted by atomic mass is 9.91. The summed E-state index contributed by atoms with van der Waals surface area (Å²) in [6.07, 6.45) is -0.191. The summed E-state index contributed by atoms with van der Waals surface area (Å²) in [5, 5.41) is 7.58. The van der Waals surface area contributed by atoms with E-state index in [1.54, 1.807) is 15.9 Å². The molecule has 0 spiro atoms. The molecular weight excluding hydrogens is 401 g/mol. The minimum Gasteiger partial charge on any atom is -0.343 e. The molecule has 1 aliphatic rings. The topological polar surface area (TPSA) is 89.9 Å².